The Hall–Kier alpha value is -2.56. The highest BCUT2D eigenvalue weighted by Crippen LogP contribution is 2.20. The van der Waals surface area contributed by atoms with Crippen LogP contribution in [0.25, 0.3) is 10.8 Å². The predicted molar refractivity (Wildman–Crippen MR) is 75.4 cm³/mol. The number of aromatic nitrogens is 1. The molecule has 0 fully saturated rings. The number of nitrogens with one attached hydrogen (secondary N) is 1. The topological polar surface area (TPSA) is 24.9 Å². The van der Waals surface area contributed by atoms with E-state index >= 15 is 0 Å². The summed E-state index contributed by atoms with van der Waals surface area (Å²) in [5, 5.41) is 4.77. The van der Waals surface area contributed by atoms with Crippen LogP contribution in [0.4, 0.5) is 18.9 Å². The lowest BCUT2D eigenvalue weighted by atomic mass is 10.1. The summed E-state index contributed by atoms with van der Waals surface area (Å²) in [4.78, 5) is 4.02. The van der Waals surface area contributed by atoms with Crippen LogP contribution >= 0.6 is 0 Å². The first-order valence-corrected chi connectivity index (χ1v) is 6.34. The second-order valence-corrected chi connectivity index (χ2v) is 4.66. The van der Waals surface area contributed by atoms with Crippen molar-refractivity contribution in [1.29, 1.82) is 0 Å². The fourth-order valence-electron chi connectivity index (χ4n) is 2.10. The number of anilines is 1. The van der Waals surface area contributed by atoms with Crippen LogP contribution in [-0.4, -0.2) is 4.98 Å². The molecule has 3 rings (SSSR count). The molecular formula is C16H11F3N2. The van der Waals surface area contributed by atoms with Crippen molar-refractivity contribution in [3.8, 4) is 0 Å². The minimum absolute atomic E-state index is 0.0660. The molecule has 0 amide bonds. The molecule has 0 spiro atoms. The highest BCUT2D eigenvalue weighted by atomic mass is 19.2. The van der Waals surface area contributed by atoms with E-state index in [4.69, 9.17) is 0 Å². The standard InChI is InChI=1S/C16H11F3N2/c17-13-6-15(19)16(7-14(13)18)21-8-10-1-2-12-9-20-4-3-11(12)5-10/h1-7,9,21H,8H2. The van der Waals surface area contributed by atoms with Crippen molar-refractivity contribution in [3.05, 3.63) is 71.8 Å². The van der Waals surface area contributed by atoms with Gasteiger partial charge in [0.15, 0.2) is 11.6 Å². The smallest absolute Gasteiger partial charge is 0.161 e. The average molecular weight is 288 g/mol. The van der Waals surface area contributed by atoms with Crippen LogP contribution in [0.15, 0.2) is 48.8 Å². The van der Waals surface area contributed by atoms with Crippen molar-refractivity contribution >= 4 is 16.5 Å². The second kappa shape index (κ2) is 5.44. The zero-order valence-corrected chi connectivity index (χ0v) is 10.9. The molecule has 0 aliphatic heterocycles. The van der Waals surface area contributed by atoms with E-state index < -0.39 is 17.5 Å². The number of nitrogens with zero attached hydrogens (tertiary/aromatic N) is 1. The van der Waals surface area contributed by atoms with Gasteiger partial charge < -0.3 is 5.32 Å². The van der Waals surface area contributed by atoms with E-state index in [0.29, 0.717) is 12.6 Å². The van der Waals surface area contributed by atoms with Gasteiger partial charge in [-0.2, -0.15) is 0 Å². The number of hydrogen-bond donors (Lipinski definition) is 1. The Bertz CT molecular complexity index is 803. The molecule has 1 aromatic heterocycles. The SMILES string of the molecule is Fc1cc(F)c(NCc2ccc3cnccc3c2)cc1F. The second-order valence-electron chi connectivity index (χ2n) is 4.66. The Balaban J connectivity index is 1.81. The molecule has 2 nitrogen and oxygen atoms in total. The van der Waals surface area contributed by atoms with Gasteiger partial charge in [-0.3, -0.25) is 4.98 Å². The van der Waals surface area contributed by atoms with Gasteiger partial charge in [-0.15, -0.1) is 0 Å². The van der Waals surface area contributed by atoms with Gasteiger partial charge in [-0.25, -0.2) is 13.2 Å². The van der Waals surface area contributed by atoms with Crippen LogP contribution in [0, 0.1) is 17.5 Å². The van der Waals surface area contributed by atoms with Crippen molar-refractivity contribution in [3.63, 3.8) is 0 Å². The summed E-state index contributed by atoms with van der Waals surface area (Å²) in [5.41, 5.74) is 0.835. The molecule has 5 heteroatoms. The molecular weight excluding hydrogens is 277 g/mol. The summed E-state index contributed by atoms with van der Waals surface area (Å²) < 4.78 is 39.5. The van der Waals surface area contributed by atoms with Gasteiger partial charge in [0, 0.05) is 36.5 Å². The third kappa shape index (κ3) is 2.81. The van der Waals surface area contributed by atoms with Crippen LogP contribution in [0.2, 0.25) is 0 Å². The summed E-state index contributed by atoms with van der Waals surface area (Å²) >= 11 is 0. The van der Waals surface area contributed by atoms with Crippen LogP contribution in [-0.2, 0) is 6.54 Å². The van der Waals surface area contributed by atoms with Gasteiger partial charge in [-0.1, -0.05) is 12.1 Å². The van der Waals surface area contributed by atoms with Gasteiger partial charge in [-0.05, 0) is 23.1 Å². The van der Waals surface area contributed by atoms with E-state index in [-0.39, 0.29) is 5.69 Å². The van der Waals surface area contributed by atoms with Gasteiger partial charge in [0.25, 0.3) is 0 Å². The molecule has 0 bridgehead atoms. The van der Waals surface area contributed by atoms with Crippen molar-refractivity contribution in [2.45, 2.75) is 6.54 Å². The van der Waals surface area contributed by atoms with Gasteiger partial charge in [0.2, 0.25) is 0 Å². The minimum Gasteiger partial charge on any atom is -0.379 e. The highest BCUT2D eigenvalue weighted by molar-refractivity contribution is 5.82. The third-order valence-electron chi connectivity index (χ3n) is 3.20. The fourth-order valence-corrected chi connectivity index (χ4v) is 2.10. The van der Waals surface area contributed by atoms with Crippen LogP contribution in [0.1, 0.15) is 5.56 Å². The molecule has 0 saturated carbocycles. The monoisotopic (exact) mass is 288 g/mol. The van der Waals surface area contributed by atoms with E-state index in [0.717, 1.165) is 22.4 Å². The quantitative estimate of drug-likeness (QED) is 0.728. The Morgan fingerprint density at radius 3 is 2.52 bits per heavy atom. The van der Waals surface area contributed by atoms with Crippen LogP contribution in [0.5, 0.6) is 0 Å². The molecule has 0 unspecified atom stereocenters. The highest BCUT2D eigenvalue weighted by Gasteiger charge is 2.09. The van der Waals surface area contributed by atoms with Crippen molar-refractivity contribution in [2.75, 3.05) is 5.32 Å². The normalized spacial score (nSPS) is 10.8. The zero-order chi connectivity index (χ0) is 14.8. The number of pyridine rings is 1. The number of fused-ring (bicyclic) bond motifs is 1. The third-order valence-corrected chi connectivity index (χ3v) is 3.20. The van der Waals surface area contributed by atoms with Gasteiger partial charge >= 0.3 is 0 Å². The summed E-state index contributed by atoms with van der Waals surface area (Å²) in [6, 6.07) is 8.92. The minimum atomic E-state index is -1.20. The largest absolute Gasteiger partial charge is 0.379 e. The first-order chi connectivity index (χ1) is 10.1. The Morgan fingerprint density at radius 1 is 0.857 bits per heavy atom. The molecule has 2 aromatic carbocycles. The van der Waals surface area contributed by atoms with E-state index in [1.807, 2.05) is 24.3 Å². The molecule has 1 N–H and O–H groups in total. The van der Waals surface area contributed by atoms with Crippen LogP contribution < -0.4 is 5.32 Å². The molecule has 106 valence electrons. The summed E-state index contributed by atoms with van der Waals surface area (Å²) in [7, 11) is 0. The molecule has 1 heterocycles. The van der Waals surface area contributed by atoms with Crippen molar-refractivity contribution < 1.29 is 13.2 Å². The molecule has 3 aromatic rings. The molecule has 0 atom stereocenters. The van der Waals surface area contributed by atoms with Gasteiger partial charge in [0.05, 0.1) is 5.69 Å². The molecule has 0 aliphatic carbocycles. The summed E-state index contributed by atoms with van der Waals surface area (Å²) in [6.45, 7) is 0.306. The predicted octanol–water partition coefficient (Wildman–Crippen LogP) is 4.26. The molecule has 0 radical (unpaired) electrons. The molecule has 0 aliphatic rings. The van der Waals surface area contributed by atoms with Gasteiger partial charge in [0.1, 0.15) is 5.82 Å². The lowest BCUT2D eigenvalue weighted by Crippen LogP contribution is -2.03. The lowest BCUT2D eigenvalue weighted by molar-refractivity contribution is 0.496. The number of halogens is 3. The average Bonchev–Trinajstić information content (AvgIpc) is 2.49. The fraction of sp³-hybridized carbons (Fsp3) is 0.0625. The first kappa shape index (κ1) is 13.4. The summed E-state index contributed by atoms with van der Waals surface area (Å²) in [5.74, 6) is -3.10. The van der Waals surface area contributed by atoms with E-state index in [2.05, 4.69) is 10.3 Å². The zero-order valence-electron chi connectivity index (χ0n) is 10.9. The maximum atomic E-state index is 13.5. The van der Waals surface area contributed by atoms with Crippen molar-refractivity contribution in [2.24, 2.45) is 0 Å². The number of rotatable bonds is 3. The maximum absolute atomic E-state index is 13.5. The Kier molecular flexibility index (Phi) is 3.48. The lowest BCUT2D eigenvalue weighted by Gasteiger charge is -2.09. The molecule has 21 heavy (non-hydrogen) atoms. The Morgan fingerprint density at radius 2 is 1.67 bits per heavy atom. The van der Waals surface area contributed by atoms with E-state index in [1.54, 1.807) is 12.4 Å². The first-order valence-electron chi connectivity index (χ1n) is 6.34. The molecule has 0 saturated heterocycles. The van der Waals surface area contributed by atoms with Crippen molar-refractivity contribution in [1.82, 2.24) is 4.98 Å². The Labute approximate surface area is 119 Å². The van der Waals surface area contributed by atoms with E-state index in [9.17, 15) is 13.2 Å². The van der Waals surface area contributed by atoms with Crippen LogP contribution in [0.3, 0.4) is 0 Å². The number of hydrogen-bond acceptors (Lipinski definition) is 2. The summed E-state index contributed by atoms with van der Waals surface area (Å²) in [6.07, 6.45) is 3.44. The number of benzene rings is 2. The van der Waals surface area contributed by atoms with E-state index in [1.165, 1.54) is 0 Å². The maximum Gasteiger partial charge on any atom is 0.161 e.